The minimum atomic E-state index is -1.48. The molecular formula is C20H18N6O5S3. The van der Waals surface area contributed by atoms with Crippen molar-refractivity contribution < 1.29 is 29.3 Å². The number of nitrogens with zero attached hydrogens (tertiary/aromatic N) is 4. The Bertz CT molecular complexity index is 1260. The molecule has 2 aromatic heterocycles. The van der Waals surface area contributed by atoms with Crippen LogP contribution < -0.4 is 20.7 Å². The first-order valence-electron chi connectivity index (χ1n) is 9.72. The summed E-state index contributed by atoms with van der Waals surface area (Å²) in [5.74, 6) is -2.61. The number of nitrogens with two attached hydrogens (primary N) is 1. The molecule has 0 aliphatic carbocycles. The normalized spacial score (nSPS) is 20.3. The zero-order chi connectivity index (χ0) is 24.4. The van der Waals surface area contributed by atoms with Crippen LogP contribution in [0.1, 0.15) is 5.69 Å². The average Bonchev–Trinajstić information content (AvgIpc) is 3.23. The number of nitrogen functional groups attached to an aromatic ring is 1. The van der Waals surface area contributed by atoms with Crippen LogP contribution in [0.15, 0.2) is 62.7 Å². The number of aryl methyl sites for hydroxylation is 1. The highest BCUT2D eigenvalue weighted by Gasteiger charge is 2.53. The predicted molar refractivity (Wildman–Crippen MR) is 125 cm³/mol. The topological polar surface area (TPSA) is 165 Å². The van der Waals surface area contributed by atoms with Crippen molar-refractivity contribution in [2.45, 2.75) is 16.3 Å². The zero-order valence-electron chi connectivity index (χ0n) is 17.6. The van der Waals surface area contributed by atoms with Crippen LogP contribution in [0.3, 0.4) is 0 Å². The van der Waals surface area contributed by atoms with Crippen LogP contribution >= 0.6 is 34.9 Å². The van der Waals surface area contributed by atoms with E-state index in [0.717, 1.165) is 21.1 Å². The molecular weight excluding hydrogens is 500 g/mol. The van der Waals surface area contributed by atoms with Crippen molar-refractivity contribution in [2.24, 2.45) is 12.2 Å². The van der Waals surface area contributed by atoms with E-state index in [2.05, 4.69) is 15.5 Å². The van der Waals surface area contributed by atoms with Crippen LogP contribution in [0.25, 0.3) is 0 Å². The standard InChI is InChI=1S/C20H18N6O5S3/c1-25-5-2-3-11(7-25)32-6-4-10-8-33-18-14(17(28)26(18)15(10)19(29)30)23-16(27)13(24-31)12-9-34-20(21)22-12/h2-7,9,14,18H,8H2,1H3,(H4-,21,22,23,27,29,30,31)/b6-4+/t14-,18-/m1/s1. The van der Waals surface area contributed by atoms with Gasteiger partial charge in [-0.25, -0.2) is 9.55 Å². The van der Waals surface area contributed by atoms with Gasteiger partial charge < -0.3 is 26.2 Å². The molecule has 2 aliphatic heterocycles. The highest BCUT2D eigenvalue weighted by molar-refractivity contribution is 8.02. The molecule has 14 heteroatoms. The molecule has 1 saturated heterocycles. The molecule has 0 bridgehead atoms. The summed E-state index contributed by atoms with van der Waals surface area (Å²) in [6, 6.07) is 2.82. The van der Waals surface area contributed by atoms with Gasteiger partial charge in [0.1, 0.15) is 24.2 Å². The lowest BCUT2D eigenvalue weighted by Gasteiger charge is -2.50. The van der Waals surface area contributed by atoms with Gasteiger partial charge in [0.2, 0.25) is 0 Å². The van der Waals surface area contributed by atoms with Crippen LogP contribution in [0, 0.1) is 0 Å². The Morgan fingerprint density at radius 1 is 1.50 bits per heavy atom. The number of amides is 2. The number of carbonyl (C=O) groups excluding carboxylic acids is 3. The van der Waals surface area contributed by atoms with Gasteiger partial charge in [0.15, 0.2) is 23.2 Å². The maximum atomic E-state index is 12.8. The summed E-state index contributed by atoms with van der Waals surface area (Å²) >= 11 is 3.77. The van der Waals surface area contributed by atoms with Crippen molar-refractivity contribution in [2.75, 3.05) is 11.5 Å². The number of hydrogen-bond donors (Lipinski definition) is 3. The predicted octanol–water partition coefficient (Wildman–Crippen LogP) is -0.562. The number of rotatable bonds is 7. The number of β-lactam (4-membered cyclic amide) rings is 1. The molecule has 2 aromatic rings. The van der Waals surface area contributed by atoms with Crippen molar-refractivity contribution in [3.8, 4) is 0 Å². The van der Waals surface area contributed by atoms with E-state index in [1.807, 2.05) is 36.1 Å². The Morgan fingerprint density at radius 2 is 2.29 bits per heavy atom. The number of nitrogens with one attached hydrogen (secondary N) is 1. The number of hydrogen-bond acceptors (Lipinski definition) is 11. The summed E-state index contributed by atoms with van der Waals surface area (Å²) in [6.07, 6.45) is 5.47. The van der Waals surface area contributed by atoms with Gasteiger partial charge in [-0.2, -0.15) is 0 Å². The van der Waals surface area contributed by atoms with E-state index in [0.29, 0.717) is 11.3 Å². The van der Waals surface area contributed by atoms with Gasteiger partial charge in [0.05, 0.1) is 16.6 Å². The van der Waals surface area contributed by atoms with Crippen LogP contribution in [0.4, 0.5) is 5.13 Å². The maximum absolute atomic E-state index is 12.8. The van der Waals surface area contributed by atoms with Crippen LogP contribution in [-0.4, -0.2) is 55.8 Å². The quantitative estimate of drug-likeness (QED) is 0.109. The molecule has 0 saturated carbocycles. The second kappa shape index (κ2) is 9.87. The molecule has 4 N–H and O–H groups in total. The number of thiazole rings is 1. The molecule has 0 spiro atoms. The molecule has 11 nitrogen and oxygen atoms in total. The highest BCUT2D eigenvalue weighted by Crippen LogP contribution is 2.40. The number of aliphatic carboxylic acids is 1. The Morgan fingerprint density at radius 3 is 2.94 bits per heavy atom. The SMILES string of the molecule is C[n+]1cccc(S/C=C/C2=C(C(=O)[O-])N3C(=O)[C@@H](NC(=O)/C(=N/O)c4csc(N)n4)[C@H]3SC2)c1. The molecule has 176 valence electrons. The summed E-state index contributed by atoms with van der Waals surface area (Å²) in [5, 5.41) is 29.3. The van der Waals surface area contributed by atoms with Crippen molar-refractivity contribution in [1.82, 2.24) is 15.2 Å². The fraction of sp³-hybridized carbons (Fsp3) is 0.200. The third-order valence-electron chi connectivity index (χ3n) is 4.94. The minimum Gasteiger partial charge on any atom is -0.543 e. The second-order valence-corrected chi connectivity index (χ2v) is 10.1. The summed E-state index contributed by atoms with van der Waals surface area (Å²) in [5.41, 5.74) is 5.43. The molecule has 1 fully saturated rings. The number of carboxylic acid groups (broad SMARTS) is 1. The van der Waals surface area contributed by atoms with E-state index < -0.39 is 34.9 Å². The Labute approximate surface area is 206 Å². The molecule has 2 amide bonds. The van der Waals surface area contributed by atoms with Crippen molar-refractivity contribution in [3.63, 3.8) is 0 Å². The number of fused-ring (bicyclic) bond motifs is 1. The number of carboxylic acids is 1. The number of allylic oxidation sites excluding steroid dienone is 1. The molecule has 0 aromatic carbocycles. The van der Waals surface area contributed by atoms with E-state index >= 15 is 0 Å². The van der Waals surface area contributed by atoms with Gasteiger partial charge >= 0.3 is 0 Å². The van der Waals surface area contributed by atoms with Crippen LogP contribution in [0.2, 0.25) is 0 Å². The number of anilines is 1. The fourth-order valence-corrected chi connectivity index (χ4v) is 6.04. The minimum absolute atomic E-state index is 0.0645. The number of oxime groups is 1. The third kappa shape index (κ3) is 4.64. The molecule has 4 rings (SSSR count). The van der Waals surface area contributed by atoms with E-state index in [-0.39, 0.29) is 16.5 Å². The van der Waals surface area contributed by atoms with Crippen molar-refractivity contribution in [1.29, 1.82) is 0 Å². The smallest absolute Gasteiger partial charge is 0.276 e. The van der Waals surface area contributed by atoms with Gasteiger partial charge in [0, 0.05) is 17.2 Å². The van der Waals surface area contributed by atoms with Crippen molar-refractivity contribution >= 4 is 63.5 Å². The Balaban J connectivity index is 1.48. The molecule has 0 radical (unpaired) electrons. The largest absolute Gasteiger partial charge is 0.543 e. The highest BCUT2D eigenvalue weighted by atomic mass is 32.2. The first-order chi connectivity index (χ1) is 16.3. The first-order valence-corrected chi connectivity index (χ1v) is 12.5. The maximum Gasteiger partial charge on any atom is 0.276 e. The van der Waals surface area contributed by atoms with E-state index in [1.165, 1.54) is 28.9 Å². The summed E-state index contributed by atoms with van der Waals surface area (Å²) in [6.45, 7) is 0. The van der Waals surface area contributed by atoms with E-state index in [1.54, 1.807) is 11.5 Å². The van der Waals surface area contributed by atoms with E-state index in [4.69, 9.17) is 5.73 Å². The van der Waals surface area contributed by atoms with Gasteiger partial charge in [-0.1, -0.05) is 16.9 Å². The van der Waals surface area contributed by atoms with E-state index in [9.17, 15) is 24.7 Å². The lowest BCUT2D eigenvalue weighted by molar-refractivity contribution is -0.673. The van der Waals surface area contributed by atoms with Gasteiger partial charge in [0.25, 0.3) is 11.8 Å². The molecule has 4 heterocycles. The summed E-state index contributed by atoms with van der Waals surface area (Å²) < 4.78 is 1.90. The number of aromatic nitrogens is 2. The van der Waals surface area contributed by atoms with Crippen LogP contribution in [-0.2, 0) is 21.4 Å². The summed E-state index contributed by atoms with van der Waals surface area (Å²) in [7, 11) is 1.90. The summed E-state index contributed by atoms with van der Waals surface area (Å²) in [4.78, 5) is 43.2. The van der Waals surface area contributed by atoms with Gasteiger partial charge in [-0.15, -0.1) is 23.1 Å². The molecule has 2 atom stereocenters. The Hall–Kier alpha value is -3.36. The molecule has 2 aliphatic rings. The van der Waals surface area contributed by atoms with Gasteiger partial charge in [-0.3, -0.25) is 14.5 Å². The zero-order valence-corrected chi connectivity index (χ0v) is 20.0. The first kappa shape index (κ1) is 23.8. The fourth-order valence-electron chi connectivity index (χ4n) is 3.40. The lowest BCUT2D eigenvalue weighted by atomic mass is 10.0. The van der Waals surface area contributed by atoms with Crippen LogP contribution in [0.5, 0.6) is 0 Å². The molecule has 34 heavy (non-hydrogen) atoms. The second-order valence-electron chi connectivity index (χ2n) is 7.17. The molecule has 0 unspecified atom stereocenters. The number of carbonyl (C=O) groups is 3. The lowest BCUT2D eigenvalue weighted by Crippen LogP contribution is -2.71. The number of pyridine rings is 1. The Kier molecular flexibility index (Phi) is 6.90. The number of thioether (sulfide) groups is 2. The van der Waals surface area contributed by atoms with Gasteiger partial charge in [-0.05, 0) is 23.1 Å². The third-order valence-corrected chi connectivity index (χ3v) is 7.71. The monoisotopic (exact) mass is 518 g/mol. The average molecular weight is 519 g/mol. The van der Waals surface area contributed by atoms with Crippen molar-refractivity contribution in [3.05, 3.63) is 58.4 Å².